The van der Waals surface area contributed by atoms with Crippen molar-refractivity contribution in [3.63, 3.8) is 0 Å². The molecule has 1 atom stereocenters. The van der Waals surface area contributed by atoms with Gasteiger partial charge in [0.25, 0.3) is 5.91 Å². The number of amides is 1. The normalized spacial score (nSPS) is 17.2. The molecular weight excluding hydrogens is 252 g/mol. The van der Waals surface area contributed by atoms with E-state index in [1.165, 1.54) is 0 Å². The maximum atomic E-state index is 12.1. The van der Waals surface area contributed by atoms with Gasteiger partial charge in [0.05, 0.1) is 11.7 Å². The molecule has 1 amide bonds. The summed E-state index contributed by atoms with van der Waals surface area (Å²) in [6.07, 6.45) is 2.27. The van der Waals surface area contributed by atoms with Crippen LogP contribution in [0.3, 0.4) is 0 Å². The van der Waals surface area contributed by atoms with Crippen LogP contribution in [0.5, 0.6) is 0 Å². The molecule has 2 N–H and O–H groups in total. The van der Waals surface area contributed by atoms with E-state index in [1.54, 1.807) is 6.20 Å². The van der Waals surface area contributed by atoms with Gasteiger partial charge < -0.3 is 10.7 Å². The standard InChI is InChI=1S/C15H14N4O/c20-15(17-11-6-2-1-3-7-11)14-10-13(18-19-14)12-8-4-5-9-16-12/h1-9,13,18H,10H2,(H,17,20). The first kappa shape index (κ1) is 12.3. The van der Waals surface area contributed by atoms with Gasteiger partial charge in [-0.15, -0.1) is 0 Å². The Labute approximate surface area is 116 Å². The van der Waals surface area contributed by atoms with Crippen LogP contribution < -0.4 is 10.7 Å². The number of hydrogen-bond donors (Lipinski definition) is 2. The second-order valence-electron chi connectivity index (χ2n) is 4.52. The maximum absolute atomic E-state index is 12.1. The van der Waals surface area contributed by atoms with Crippen LogP contribution in [-0.4, -0.2) is 16.6 Å². The van der Waals surface area contributed by atoms with Crippen molar-refractivity contribution < 1.29 is 4.79 Å². The lowest BCUT2D eigenvalue weighted by Crippen LogP contribution is -2.21. The third-order valence-corrected chi connectivity index (χ3v) is 3.09. The van der Waals surface area contributed by atoms with E-state index < -0.39 is 0 Å². The molecule has 1 aromatic carbocycles. The largest absolute Gasteiger partial charge is 0.321 e. The molecule has 20 heavy (non-hydrogen) atoms. The van der Waals surface area contributed by atoms with Crippen molar-refractivity contribution in [2.24, 2.45) is 5.10 Å². The molecule has 0 radical (unpaired) electrons. The Hall–Kier alpha value is -2.69. The van der Waals surface area contributed by atoms with Crippen molar-refractivity contribution in [1.82, 2.24) is 10.4 Å². The van der Waals surface area contributed by atoms with Crippen LogP contribution in [0.2, 0.25) is 0 Å². The molecule has 1 aliphatic rings. The van der Waals surface area contributed by atoms with E-state index in [-0.39, 0.29) is 11.9 Å². The molecule has 5 heteroatoms. The van der Waals surface area contributed by atoms with Crippen LogP contribution in [-0.2, 0) is 4.79 Å². The van der Waals surface area contributed by atoms with Gasteiger partial charge in [0.2, 0.25) is 0 Å². The van der Waals surface area contributed by atoms with Crippen LogP contribution in [0.1, 0.15) is 18.2 Å². The average molecular weight is 266 g/mol. The third kappa shape index (κ3) is 2.66. The SMILES string of the molecule is O=C(Nc1ccccc1)C1=NNC(c2ccccn2)C1. The van der Waals surface area contributed by atoms with Gasteiger partial charge in [-0.05, 0) is 24.3 Å². The summed E-state index contributed by atoms with van der Waals surface area (Å²) in [5, 5.41) is 6.93. The molecule has 1 aromatic heterocycles. The topological polar surface area (TPSA) is 66.4 Å². The van der Waals surface area contributed by atoms with Crippen LogP contribution in [0.15, 0.2) is 59.8 Å². The first-order valence-corrected chi connectivity index (χ1v) is 6.42. The van der Waals surface area contributed by atoms with Gasteiger partial charge >= 0.3 is 0 Å². The number of hydrazone groups is 1. The highest BCUT2D eigenvalue weighted by molar-refractivity contribution is 6.43. The molecule has 0 saturated heterocycles. The number of pyridine rings is 1. The van der Waals surface area contributed by atoms with Gasteiger partial charge in [-0.2, -0.15) is 5.10 Å². The average Bonchev–Trinajstić information content (AvgIpc) is 2.99. The van der Waals surface area contributed by atoms with Gasteiger partial charge in [-0.3, -0.25) is 9.78 Å². The summed E-state index contributed by atoms with van der Waals surface area (Å²) in [7, 11) is 0. The minimum absolute atomic E-state index is 0.0345. The first-order chi connectivity index (χ1) is 9.83. The zero-order valence-electron chi connectivity index (χ0n) is 10.8. The molecule has 1 unspecified atom stereocenters. The molecule has 5 nitrogen and oxygen atoms in total. The van der Waals surface area contributed by atoms with Crippen LogP contribution >= 0.6 is 0 Å². The molecule has 1 aliphatic heterocycles. The Morgan fingerprint density at radius 3 is 2.70 bits per heavy atom. The Morgan fingerprint density at radius 1 is 1.15 bits per heavy atom. The van der Waals surface area contributed by atoms with E-state index >= 15 is 0 Å². The molecule has 0 aliphatic carbocycles. The number of nitrogens with zero attached hydrogens (tertiary/aromatic N) is 2. The minimum atomic E-state index is -0.179. The Morgan fingerprint density at radius 2 is 1.95 bits per heavy atom. The summed E-state index contributed by atoms with van der Waals surface area (Å²) >= 11 is 0. The summed E-state index contributed by atoms with van der Waals surface area (Å²) in [6, 6.07) is 15.0. The fourth-order valence-corrected chi connectivity index (χ4v) is 2.06. The summed E-state index contributed by atoms with van der Waals surface area (Å²) in [4.78, 5) is 16.4. The van der Waals surface area contributed by atoms with Gasteiger partial charge in [-0.1, -0.05) is 24.3 Å². The van der Waals surface area contributed by atoms with E-state index in [1.807, 2.05) is 48.5 Å². The van der Waals surface area contributed by atoms with Gasteiger partial charge in [-0.25, -0.2) is 0 Å². The van der Waals surface area contributed by atoms with Gasteiger partial charge in [0.15, 0.2) is 0 Å². The number of carbonyl (C=O) groups excluding carboxylic acids is 1. The predicted octanol–water partition coefficient (Wildman–Crippen LogP) is 2.11. The van der Waals surface area contributed by atoms with Gasteiger partial charge in [0.1, 0.15) is 5.71 Å². The molecule has 0 bridgehead atoms. The first-order valence-electron chi connectivity index (χ1n) is 6.42. The number of para-hydroxylation sites is 1. The van der Waals surface area contributed by atoms with E-state index in [9.17, 15) is 4.79 Å². The van der Waals surface area contributed by atoms with Crippen LogP contribution in [0, 0.1) is 0 Å². The van der Waals surface area contributed by atoms with Crippen molar-refractivity contribution >= 4 is 17.3 Å². The highest BCUT2D eigenvalue weighted by atomic mass is 16.2. The fourth-order valence-electron chi connectivity index (χ4n) is 2.06. The number of rotatable bonds is 3. The minimum Gasteiger partial charge on any atom is -0.321 e. The molecule has 2 heterocycles. The number of hydrogen-bond acceptors (Lipinski definition) is 4. The summed E-state index contributed by atoms with van der Waals surface area (Å²) in [5.74, 6) is -0.179. The Balaban J connectivity index is 1.64. The molecule has 0 fully saturated rings. The van der Waals surface area contributed by atoms with E-state index in [0.717, 1.165) is 11.4 Å². The van der Waals surface area contributed by atoms with Crippen molar-refractivity contribution in [2.45, 2.75) is 12.5 Å². The highest BCUT2D eigenvalue weighted by Crippen LogP contribution is 2.20. The van der Waals surface area contributed by atoms with Crippen molar-refractivity contribution in [3.05, 3.63) is 60.4 Å². The van der Waals surface area contributed by atoms with Gasteiger partial charge in [0, 0.05) is 18.3 Å². The zero-order chi connectivity index (χ0) is 13.8. The Kier molecular flexibility index (Phi) is 3.41. The molecule has 0 spiro atoms. The maximum Gasteiger partial charge on any atom is 0.271 e. The molecule has 2 aromatic rings. The lowest BCUT2D eigenvalue weighted by molar-refractivity contribution is -0.110. The molecule has 0 saturated carbocycles. The highest BCUT2D eigenvalue weighted by Gasteiger charge is 2.25. The van der Waals surface area contributed by atoms with E-state index in [4.69, 9.17) is 0 Å². The lowest BCUT2D eigenvalue weighted by Gasteiger charge is -2.08. The number of carbonyl (C=O) groups is 1. The van der Waals surface area contributed by atoms with E-state index in [0.29, 0.717) is 12.1 Å². The fraction of sp³-hybridized carbons (Fsp3) is 0.133. The molecule has 3 rings (SSSR count). The number of benzene rings is 1. The smallest absolute Gasteiger partial charge is 0.271 e. The second-order valence-corrected chi connectivity index (χ2v) is 4.52. The number of nitrogens with one attached hydrogen (secondary N) is 2. The molecular formula is C15H14N4O. The number of anilines is 1. The predicted molar refractivity (Wildman–Crippen MR) is 77.2 cm³/mol. The zero-order valence-corrected chi connectivity index (χ0v) is 10.8. The third-order valence-electron chi connectivity index (χ3n) is 3.09. The Bertz CT molecular complexity index is 625. The monoisotopic (exact) mass is 266 g/mol. The van der Waals surface area contributed by atoms with Crippen molar-refractivity contribution in [2.75, 3.05) is 5.32 Å². The quantitative estimate of drug-likeness (QED) is 0.894. The van der Waals surface area contributed by atoms with Crippen molar-refractivity contribution in [1.29, 1.82) is 0 Å². The van der Waals surface area contributed by atoms with Crippen LogP contribution in [0.4, 0.5) is 5.69 Å². The lowest BCUT2D eigenvalue weighted by atomic mass is 10.1. The van der Waals surface area contributed by atoms with Crippen LogP contribution in [0.25, 0.3) is 0 Å². The van der Waals surface area contributed by atoms with Crippen molar-refractivity contribution in [3.8, 4) is 0 Å². The second kappa shape index (κ2) is 5.52. The summed E-state index contributed by atoms with van der Waals surface area (Å²) < 4.78 is 0. The van der Waals surface area contributed by atoms with E-state index in [2.05, 4.69) is 20.8 Å². The summed E-state index contributed by atoms with van der Waals surface area (Å²) in [5.41, 5.74) is 5.10. The summed E-state index contributed by atoms with van der Waals surface area (Å²) in [6.45, 7) is 0. The number of aromatic nitrogens is 1. The molecule has 100 valence electrons.